The van der Waals surface area contributed by atoms with Gasteiger partial charge >= 0.3 is 5.97 Å². The molecule has 8 heteroatoms. The van der Waals surface area contributed by atoms with Gasteiger partial charge < -0.3 is 14.7 Å². The van der Waals surface area contributed by atoms with Crippen molar-refractivity contribution in [3.8, 4) is 17.2 Å². The lowest BCUT2D eigenvalue weighted by molar-refractivity contribution is -0.160. The van der Waals surface area contributed by atoms with E-state index < -0.39 is 17.7 Å². The fraction of sp³-hybridized carbons (Fsp3) is 0.486. The molecule has 3 heterocycles. The SMILES string of the molecule is Cc1nc(C)c(C(OC(C)(C)C)C(=O)O)c(N2CCC(C)(C)CC2)c1-c1ccc2c(c1)CCN(Cc1cc(C#N)ccc1F)C2. The van der Waals surface area contributed by atoms with Crippen molar-refractivity contribution in [3.05, 3.63) is 81.4 Å². The van der Waals surface area contributed by atoms with Crippen molar-refractivity contribution in [3.63, 3.8) is 0 Å². The second-order valence-electron chi connectivity index (χ2n) is 14.4. The maximum absolute atomic E-state index is 14.5. The Hall–Kier alpha value is -3.80. The molecule has 0 radical (unpaired) electrons. The van der Waals surface area contributed by atoms with E-state index in [-0.39, 0.29) is 11.2 Å². The number of aryl methyl sites for hydroxylation is 2. The summed E-state index contributed by atoms with van der Waals surface area (Å²) < 4.78 is 20.8. The minimum atomic E-state index is -1.16. The van der Waals surface area contributed by atoms with E-state index in [9.17, 15) is 19.6 Å². The van der Waals surface area contributed by atoms with Gasteiger partial charge in [0.1, 0.15) is 5.82 Å². The van der Waals surface area contributed by atoms with Crippen LogP contribution in [0, 0.1) is 36.4 Å². The molecule has 238 valence electrons. The molecule has 1 saturated heterocycles. The Balaban J connectivity index is 1.56. The number of aromatic nitrogens is 1. The van der Waals surface area contributed by atoms with Gasteiger partial charge in [0.25, 0.3) is 0 Å². The number of rotatable bonds is 7. The standard InChI is InChI=1S/C37H45FN4O3/c1-23-31(27-9-10-28-21-41(15-12-26(28)19-27)22-29-18-25(20-39)8-11-30(29)38)33(42-16-13-37(6,7)14-17-42)32(24(2)40-23)34(35(43)44)45-36(3,4)5/h8-11,18-19,34H,12-17,21-22H2,1-7H3,(H,43,44). The Morgan fingerprint density at radius 3 is 2.44 bits per heavy atom. The molecule has 0 bridgehead atoms. The summed E-state index contributed by atoms with van der Waals surface area (Å²) in [6.45, 7) is 17.6. The number of carbonyl (C=O) groups is 1. The first kappa shape index (κ1) is 32.6. The van der Waals surface area contributed by atoms with E-state index in [2.05, 4.69) is 47.9 Å². The third-order valence-corrected chi connectivity index (χ3v) is 9.13. The molecule has 1 atom stereocenters. The quantitative estimate of drug-likeness (QED) is 0.296. The number of hydrogen-bond acceptors (Lipinski definition) is 6. The van der Waals surface area contributed by atoms with Crippen molar-refractivity contribution >= 4 is 11.7 Å². The third kappa shape index (κ3) is 7.21. The molecule has 1 fully saturated rings. The highest BCUT2D eigenvalue weighted by atomic mass is 19.1. The Kier molecular flexibility index (Phi) is 9.08. The summed E-state index contributed by atoms with van der Waals surface area (Å²) in [5.74, 6) is -1.32. The van der Waals surface area contributed by atoms with Gasteiger partial charge in [-0.2, -0.15) is 5.26 Å². The number of piperidine rings is 1. The van der Waals surface area contributed by atoms with E-state index in [0.29, 0.717) is 35.5 Å². The van der Waals surface area contributed by atoms with Crippen molar-refractivity contribution in [2.24, 2.45) is 5.41 Å². The fourth-order valence-electron chi connectivity index (χ4n) is 6.66. The average Bonchev–Trinajstić information content (AvgIpc) is 2.96. The lowest BCUT2D eigenvalue weighted by Crippen LogP contribution is -2.39. The molecule has 1 unspecified atom stereocenters. The van der Waals surface area contributed by atoms with Crippen LogP contribution >= 0.6 is 0 Å². The second-order valence-corrected chi connectivity index (χ2v) is 14.4. The fourth-order valence-corrected chi connectivity index (χ4v) is 6.66. The summed E-state index contributed by atoms with van der Waals surface area (Å²) in [4.78, 5) is 22.3. The van der Waals surface area contributed by atoms with E-state index in [1.165, 1.54) is 23.3 Å². The van der Waals surface area contributed by atoms with Gasteiger partial charge in [-0.15, -0.1) is 0 Å². The lowest BCUT2D eigenvalue weighted by Gasteiger charge is -2.41. The van der Waals surface area contributed by atoms with Crippen LogP contribution in [0.25, 0.3) is 11.1 Å². The predicted octanol–water partition coefficient (Wildman–Crippen LogP) is 7.50. The summed E-state index contributed by atoms with van der Waals surface area (Å²) in [5.41, 5.74) is 8.00. The van der Waals surface area contributed by atoms with Crippen LogP contribution in [0.5, 0.6) is 0 Å². The molecule has 1 N–H and O–H groups in total. The zero-order valence-corrected chi connectivity index (χ0v) is 27.6. The molecular formula is C37H45FN4O3. The number of nitriles is 1. The van der Waals surface area contributed by atoms with Crippen molar-refractivity contribution in [2.45, 2.75) is 92.5 Å². The van der Waals surface area contributed by atoms with Gasteiger partial charge in [-0.05, 0) is 94.2 Å². The Bertz CT molecular complexity index is 1640. The number of ether oxygens (including phenoxy) is 1. The van der Waals surface area contributed by atoms with Crippen LogP contribution in [0.15, 0.2) is 36.4 Å². The number of carboxylic acid groups (broad SMARTS) is 1. The van der Waals surface area contributed by atoms with E-state index in [1.807, 2.05) is 34.6 Å². The summed E-state index contributed by atoms with van der Waals surface area (Å²) in [6.07, 6.45) is 1.64. The minimum absolute atomic E-state index is 0.221. The topological polar surface area (TPSA) is 89.7 Å². The molecule has 45 heavy (non-hydrogen) atoms. The zero-order chi connectivity index (χ0) is 32.7. The van der Waals surface area contributed by atoms with Crippen molar-refractivity contribution < 1.29 is 19.0 Å². The third-order valence-electron chi connectivity index (χ3n) is 9.13. The summed E-state index contributed by atoms with van der Waals surface area (Å²) >= 11 is 0. The van der Waals surface area contributed by atoms with E-state index in [1.54, 1.807) is 6.07 Å². The Morgan fingerprint density at radius 2 is 1.80 bits per heavy atom. The van der Waals surface area contributed by atoms with Gasteiger partial charge in [0.15, 0.2) is 6.10 Å². The number of hydrogen-bond donors (Lipinski definition) is 1. The zero-order valence-electron chi connectivity index (χ0n) is 27.6. The van der Waals surface area contributed by atoms with Crippen LogP contribution in [-0.2, 0) is 29.0 Å². The smallest absolute Gasteiger partial charge is 0.337 e. The first-order valence-corrected chi connectivity index (χ1v) is 15.9. The molecule has 2 aliphatic heterocycles. The number of carboxylic acids is 1. The molecule has 0 amide bonds. The van der Waals surface area contributed by atoms with Crippen LogP contribution in [0.3, 0.4) is 0 Å². The monoisotopic (exact) mass is 612 g/mol. The molecule has 1 aromatic heterocycles. The maximum atomic E-state index is 14.5. The number of aliphatic carboxylic acids is 1. The van der Waals surface area contributed by atoms with Gasteiger partial charge in [0.05, 0.1) is 22.9 Å². The molecule has 3 aromatic rings. The second kappa shape index (κ2) is 12.5. The van der Waals surface area contributed by atoms with Crippen molar-refractivity contribution in [1.29, 1.82) is 5.26 Å². The molecule has 7 nitrogen and oxygen atoms in total. The van der Waals surface area contributed by atoms with Gasteiger partial charge in [0, 0.05) is 60.8 Å². The van der Waals surface area contributed by atoms with Gasteiger partial charge in [-0.25, -0.2) is 9.18 Å². The van der Waals surface area contributed by atoms with E-state index in [4.69, 9.17) is 9.72 Å². The molecule has 2 aromatic carbocycles. The van der Waals surface area contributed by atoms with Crippen molar-refractivity contribution in [1.82, 2.24) is 9.88 Å². The maximum Gasteiger partial charge on any atom is 0.337 e. The highest BCUT2D eigenvalue weighted by molar-refractivity contribution is 5.88. The number of anilines is 1. The molecule has 5 rings (SSSR count). The number of pyridine rings is 1. The summed E-state index contributed by atoms with van der Waals surface area (Å²) in [7, 11) is 0. The Labute approximate surface area is 266 Å². The minimum Gasteiger partial charge on any atom is -0.479 e. The van der Waals surface area contributed by atoms with Crippen molar-refractivity contribution in [2.75, 3.05) is 24.5 Å². The molecular weight excluding hydrogens is 567 g/mol. The van der Waals surface area contributed by atoms with Crippen LogP contribution in [0.4, 0.5) is 10.1 Å². The molecule has 0 aliphatic carbocycles. The number of fused-ring (bicyclic) bond motifs is 1. The highest BCUT2D eigenvalue weighted by Gasteiger charge is 2.36. The number of nitrogens with zero attached hydrogens (tertiary/aromatic N) is 4. The first-order chi connectivity index (χ1) is 21.2. The summed E-state index contributed by atoms with van der Waals surface area (Å²) in [6, 6.07) is 13.1. The highest BCUT2D eigenvalue weighted by Crippen LogP contribution is 2.45. The van der Waals surface area contributed by atoms with Crippen LogP contribution in [0.2, 0.25) is 0 Å². The van der Waals surface area contributed by atoms with Crippen LogP contribution < -0.4 is 4.90 Å². The lowest BCUT2D eigenvalue weighted by atomic mass is 9.81. The molecule has 0 saturated carbocycles. The average molecular weight is 613 g/mol. The van der Waals surface area contributed by atoms with Gasteiger partial charge in [-0.1, -0.05) is 32.0 Å². The van der Waals surface area contributed by atoms with Crippen LogP contribution in [0.1, 0.15) is 92.8 Å². The Morgan fingerprint density at radius 1 is 1.09 bits per heavy atom. The van der Waals surface area contributed by atoms with Gasteiger partial charge in [-0.3, -0.25) is 9.88 Å². The van der Waals surface area contributed by atoms with Crippen LogP contribution in [-0.4, -0.2) is 46.2 Å². The van der Waals surface area contributed by atoms with E-state index in [0.717, 1.165) is 61.4 Å². The molecule has 0 spiro atoms. The molecule has 2 aliphatic rings. The van der Waals surface area contributed by atoms with Gasteiger partial charge in [0.2, 0.25) is 0 Å². The largest absolute Gasteiger partial charge is 0.479 e. The normalized spacial score (nSPS) is 17.4. The van der Waals surface area contributed by atoms with E-state index >= 15 is 0 Å². The number of benzene rings is 2. The predicted molar refractivity (Wildman–Crippen MR) is 175 cm³/mol. The summed E-state index contributed by atoms with van der Waals surface area (Å²) in [5, 5.41) is 19.7. The number of halogens is 1. The first-order valence-electron chi connectivity index (χ1n) is 15.9.